The molecule has 0 aliphatic rings. The number of aliphatic hydroxyl groups is 1. The zero-order valence-corrected chi connectivity index (χ0v) is 9.18. The highest BCUT2D eigenvalue weighted by atomic mass is 33.1. The Labute approximate surface area is 89.3 Å². The van der Waals surface area contributed by atoms with Crippen LogP contribution in [0.2, 0.25) is 0 Å². The lowest BCUT2D eigenvalue weighted by molar-refractivity contribution is -0.146. The van der Waals surface area contributed by atoms with E-state index in [0.29, 0.717) is 5.75 Å². The Balaban J connectivity index is 3.47. The number of aliphatic carboxylic acids is 2. The molecule has 0 saturated carbocycles. The number of carboxylic acid groups (broad SMARTS) is 2. The minimum atomic E-state index is -1.36. The van der Waals surface area contributed by atoms with Gasteiger partial charge in [-0.25, -0.2) is 4.79 Å². The molecule has 2 unspecified atom stereocenters. The van der Waals surface area contributed by atoms with Gasteiger partial charge in [0.15, 0.2) is 6.10 Å². The minimum Gasteiger partial charge on any atom is -0.480 e. The van der Waals surface area contributed by atoms with E-state index in [2.05, 4.69) is 0 Å². The molecule has 0 rings (SSSR count). The fraction of sp³-hybridized carbons (Fsp3) is 0.714. The Bertz CT molecular complexity index is 186. The van der Waals surface area contributed by atoms with Crippen molar-refractivity contribution < 1.29 is 24.9 Å². The highest BCUT2D eigenvalue weighted by Gasteiger charge is 2.14. The number of carboxylic acids is 2. The maximum Gasteiger partial charge on any atom is 0.332 e. The van der Waals surface area contributed by atoms with Crippen molar-refractivity contribution in [2.24, 2.45) is 0 Å². The van der Waals surface area contributed by atoms with E-state index < -0.39 is 23.3 Å². The Morgan fingerprint density at radius 3 is 2.29 bits per heavy atom. The van der Waals surface area contributed by atoms with E-state index in [-0.39, 0.29) is 6.42 Å². The summed E-state index contributed by atoms with van der Waals surface area (Å²) in [6.07, 6.45) is -1.23. The van der Waals surface area contributed by atoms with Gasteiger partial charge in [0.2, 0.25) is 0 Å². The second kappa shape index (κ2) is 6.97. The molecule has 82 valence electrons. The molecule has 0 amide bonds. The number of aliphatic hydroxyl groups excluding tert-OH is 1. The number of hydrogen-bond acceptors (Lipinski definition) is 5. The van der Waals surface area contributed by atoms with Crippen LogP contribution in [0.3, 0.4) is 0 Å². The van der Waals surface area contributed by atoms with Crippen molar-refractivity contribution in [2.75, 3.05) is 5.75 Å². The first-order valence-corrected chi connectivity index (χ1v) is 6.25. The number of carbonyl (C=O) groups is 2. The van der Waals surface area contributed by atoms with Gasteiger partial charge in [-0.2, -0.15) is 0 Å². The van der Waals surface area contributed by atoms with Gasteiger partial charge in [-0.15, -0.1) is 0 Å². The lowest BCUT2D eigenvalue weighted by atomic mass is 10.3. The van der Waals surface area contributed by atoms with Crippen molar-refractivity contribution in [2.45, 2.75) is 24.7 Å². The third-order valence-electron chi connectivity index (χ3n) is 1.32. The molecule has 0 fully saturated rings. The lowest BCUT2D eigenvalue weighted by Crippen LogP contribution is -2.19. The van der Waals surface area contributed by atoms with E-state index in [4.69, 9.17) is 15.3 Å². The van der Waals surface area contributed by atoms with Crippen LogP contribution in [-0.4, -0.2) is 44.4 Å². The second-order valence-electron chi connectivity index (χ2n) is 2.54. The van der Waals surface area contributed by atoms with Crippen LogP contribution in [0.5, 0.6) is 0 Å². The molecule has 14 heavy (non-hydrogen) atoms. The molecule has 0 radical (unpaired) electrons. The Kier molecular flexibility index (Phi) is 6.77. The van der Waals surface area contributed by atoms with E-state index in [9.17, 15) is 9.59 Å². The first-order valence-electron chi connectivity index (χ1n) is 3.87. The molecule has 0 aliphatic carbocycles. The van der Waals surface area contributed by atoms with Gasteiger partial charge in [-0.3, -0.25) is 4.79 Å². The molecule has 5 nitrogen and oxygen atoms in total. The average Bonchev–Trinajstić information content (AvgIpc) is 2.11. The molecule has 0 spiro atoms. The SMILES string of the molecule is CC(SSCCC(O)C(=O)O)C(=O)O. The van der Waals surface area contributed by atoms with Gasteiger partial charge in [0.25, 0.3) is 0 Å². The van der Waals surface area contributed by atoms with Crippen LogP contribution in [0, 0.1) is 0 Å². The molecule has 0 aliphatic heterocycles. The lowest BCUT2D eigenvalue weighted by Gasteiger charge is -2.06. The fourth-order valence-electron chi connectivity index (χ4n) is 0.475. The molecule has 0 heterocycles. The minimum absolute atomic E-state index is 0.124. The van der Waals surface area contributed by atoms with Crippen LogP contribution in [-0.2, 0) is 9.59 Å². The van der Waals surface area contributed by atoms with Crippen LogP contribution in [0.1, 0.15) is 13.3 Å². The molecule has 3 N–H and O–H groups in total. The topological polar surface area (TPSA) is 94.8 Å². The Hall–Kier alpha value is -0.400. The van der Waals surface area contributed by atoms with Gasteiger partial charge in [-0.05, 0) is 13.3 Å². The highest BCUT2D eigenvalue weighted by Crippen LogP contribution is 2.27. The smallest absolute Gasteiger partial charge is 0.332 e. The molecule has 0 aromatic heterocycles. The van der Waals surface area contributed by atoms with Crippen LogP contribution >= 0.6 is 21.6 Å². The zero-order valence-electron chi connectivity index (χ0n) is 7.54. The van der Waals surface area contributed by atoms with Crippen LogP contribution < -0.4 is 0 Å². The van der Waals surface area contributed by atoms with E-state index in [1.807, 2.05) is 0 Å². The maximum absolute atomic E-state index is 10.4. The van der Waals surface area contributed by atoms with E-state index in [1.165, 1.54) is 10.8 Å². The fourth-order valence-corrected chi connectivity index (χ4v) is 2.61. The summed E-state index contributed by atoms with van der Waals surface area (Å²) in [6, 6.07) is 0. The molecule has 2 atom stereocenters. The number of hydrogen-bond donors (Lipinski definition) is 3. The quantitative estimate of drug-likeness (QED) is 0.445. The van der Waals surface area contributed by atoms with Gasteiger partial charge in [0.05, 0.1) is 0 Å². The first kappa shape index (κ1) is 13.6. The largest absolute Gasteiger partial charge is 0.480 e. The van der Waals surface area contributed by atoms with Crippen molar-refractivity contribution in [3.63, 3.8) is 0 Å². The van der Waals surface area contributed by atoms with Gasteiger partial charge in [0, 0.05) is 5.75 Å². The van der Waals surface area contributed by atoms with Crippen LogP contribution in [0.25, 0.3) is 0 Å². The molecule has 0 saturated heterocycles. The van der Waals surface area contributed by atoms with Crippen molar-refractivity contribution in [3.05, 3.63) is 0 Å². The molecular formula is C7H12O5S2. The summed E-state index contributed by atoms with van der Waals surface area (Å²) in [5.74, 6) is -1.74. The standard InChI is InChI=1S/C7H12O5S2/c1-4(6(9)10)14-13-3-2-5(8)7(11)12/h4-5,8H,2-3H2,1H3,(H,9,10)(H,11,12). The van der Waals surface area contributed by atoms with E-state index in [0.717, 1.165) is 10.8 Å². The third kappa shape index (κ3) is 6.11. The summed E-state index contributed by atoms with van der Waals surface area (Å²) in [5.41, 5.74) is 0. The van der Waals surface area contributed by atoms with Gasteiger partial charge < -0.3 is 15.3 Å². The van der Waals surface area contributed by atoms with Crippen molar-refractivity contribution >= 4 is 33.5 Å². The molecular weight excluding hydrogens is 228 g/mol. The maximum atomic E-state index is 10.4. The van der Waals surface area contributed by atoms with Crippen LogP contribution in [0.4, 0.5) is 0 Å². The van der Waals surface area contributed by atoms with Crippen LogP contribution in [0.15, 0.2) is 0 Å². The predicted octanol–water partition coefficient (Wildman–Crippen LogP) is 0.676. The van der Waals surface area contributed by atoms with Crippen molar-refractivity contribution in [1.29, 1.82) is 0 Å². The molecule has 0 aromatic rings. The Morgan fingerprint density at radius 2 is 1.86 bits per heavy atom. The summed E-state index contributed by atoms with van der Waals surface area (Å²) < 4.78 is 0. The summed E-state index contributed by atoms with van der Waals surface area (Å²) >= 11 is 0. The van der Waals surface area contributed by atoms with Crippen molar-refractivity contribution in [3.8, 4) is 0 Å². The highest BCUT2D eigenvalue weighted by molar-refractivity contribution is 8.77. The van der Waals surface area contributed by atoms with E-state index in [1.54, 1.807) is 6.92 Å². The van der Waals surface area contributed by atoms with Gasteiger partial charge >= 0.3 is 11.9 Å². The number of rotatable bonds is 7. The summed E-state index contributed by atoms with van der Waals surface area (Å²) in [6.45, 7) is 1.55. The summed E-state index contributed by atoms with van der Waals surface area (Å²) in [7, 11) is 2.40. The monoisotopic (exact) mass is 240 g/mol. The van der Waals surface area contributed by atoms with Crippen molar-refractivity contribution in [1.82, 2.24) is 0 Å². The molecule has 7 heteroatoms. The second-order valence-corrected chi connectivity index (χ2v) is 5.37. The van der Waals surface area contributed by atoms with Gasteiger partial charge in [-0.1, -0.05) is 21.6 Å². The average molecular weight is 240 g/mol. The Morgan fingerprint density at radius 1 is 1.29 bits per heavy atom. The first-order chi connectivity index (χ1) is 6.45. The molecule has 0 bridgehead atoms. The molecule has 0 aromatic carbocycles. The predicted molar refractivity (Wildman–Crippen MR) is 55.4 cm³/mol. The zero-order chi connectivity index (χ0) is 11.1. The van der Waals surface area contributed by atoms with Gasteiger partial charge in [0.1, 0.15) is 5.25 Å². The normalized spacial score (nSPS) is 14.7. The summed E-state index contributed by atoms with van der Waals surface area (Å²) in [4.78, 5) is 20.5. The van der Waals surface area contributed by atoms with E-state index >= 15 is 0 Å². The summed E-state index contributed by atoms with van der Waals surface area (Å²) in [5, 5.41) is 25.2. The third-order valence-corrected chi connectivity index (χ3v) is 4.12.